The van der Waals surface area contributed by atoms with Gasteiger partial charge in [-0.25, -0.2) is 0 Å². The largest absolute Gasteiger partial charge is 0.461 e. The lowest BCUT2D eigenvalue weighted by Gasteiger charge is -2.34. The summed E-state index contributed by atoms with van der Waals surface area (Å²) in [4.78, 5) is 28.1. The lowest BCUT2D eigenvalue weighted by molar-refractivity contribution is -0.132. The van der Waals surface area contributed by atoms with E-state index in [1.165, 1.54) is 0 Å². The van der Waals surface area contributed by atoms with Crippen molar-refractivity contribution in [3.63, 3.8) is 0 Å². The van der Waals surface area contributed by atoms with E-state index in [2.05, 4.69) is 13.8 Å². The molecule has 4 nitrogen and oxygen atoms in total. The number of carbonyl (C=O) groups is 2. The highest BCUT2D eigenvalue weighted by atomic mass is 35.5. The molecule has 29 heavy (non-hydrogen) atoms. The number of rotatable bonds is 8. The molecular weight excluding hydrogens is 386 g/mol. The van der Waals surface area contributed by atoms with E-state index >= 15 is 0 Å². The van der Waals surface area contributed by atoms with Crippen LogP contribution in [0.1, 0.15) is 63.6 Å². The molecule has 1 amide bonds. The normalized spacial score (nSPS) is 12.9. The van der Waals surface area contributed by atoms with Gasteiger partial charge in [-0.2, -0.15) is 0 Å². The molecule has 0 N–H and O–H groups in total. The van der Waals surface area contributed by atoms with Crippen LogP contribution in [0.5, 0.6) is 0 Å². The van der Waals surface area contributed by atoms with Crippen molar-refractivity contribution >= 4 is 23.3 Å². The highest BCUT2D eigenvalue weighted by Gasteiger charge is 2.37. The molecule has 1 aromatic heterocycles. The topological polar surface area (TPSA) is 50.5 Å². The van der Waals surface area contributed by atoms with Crippen molar-refractivity contribution in [2.45, 2.75) is 60.4 Å². The van der Waals surface area contributed by atoms with Crippen LogP contribution in [0.3, 0.4) is 0 Å². The summed E-state index contributed by atoms with van der Waals surface area (Å²) in [6.07, 6.45) is 1.36. The average molecular weight is 418 g/mol. The summed E-state index contributed by atoms with van der Waals surface area (Å²) in [6.45, 7) is 11.8. The fourth-order valence-electron chi connectivity index (χ4n) is 3.30. The monoisotopic (exact) mass is 417 g/mol. The number of ketones is 1. The predicted molar refractivity (Wildman–Crippen MR) is 118 cm³/mol. The van der Waals surface area contributed by atoms with Crippen LogP contribution in [-0.2, 0) is 4.79 Å². The fourth-order valence-corrected chi connectivity index (χ4v) is 3.42. The van der Waals surface area contributed by atoms with Crippen molar-refractivity contribution in [3.8, 4) is 11.3 Å². The maximum absolute atomic E-state index is 13.3. The third kappa shape index (κ3) is 5.30. The minimum absolute atomic E-state index is 0.101. The van der Waals surface area contributed by atoms with E-state index in [1.54, 1.807) is 37.1 Å². The van der Waals surface area contributed by atoms with Crippen LogP contribution in [-0.4, -0.2) is 29.7 Å². The maximum atomic E-state index is 13.3. The quantitative estimate of drug-likeness (QED) is 0.499. The molecule has 0 aliphatic rings. The van der Waals surface area contributed by atoms with Gasteiger partial charge in [-0.3, -0.25) is 9.59 Å². The Labute approximate surface area is 179 Å². The Morgan fingerprint density at radius 1 is 1.17 bits per heavy atom. The van der Waals surface area contributed by atoms with Crippen LogP contribution in [0.25, 0.3) is 11.3 Å². The number of amides is 1. The summed E-state index contributed by atoms with van der Waals surface area (Å²) in [6, 6.07) is 8.56. The summed E-state index contributed by atoms with van der Waals surface area (Å²) in [5.74, 6) is 1.34. The van der Waals surface area contributed by atoms with Crippen molar-refractivity contribution in [2.75, 3.05) is 7.05 Å². The second-order valence-corrected chi connectivity index (χ2v) is 9.19. The van der Waals surface area contributed by atoms with Gasteiger partial charge in [0.1, 0.15) is 11.5 Å². The van der Waals surface area contributed by atoms with Crippen LogP contribution in [0.4, 0.5) is 0 Å². The van der Waals surface area contributed by atoms with E-state index in [-0.39, 0.29) is 11.7 Å². The number of halogens is 1. The number of furan rings is 1. The summed E-state index contributed by atoms with van der Waals surface area (Å²) < 4.78 is 5.85. The lowest BCUT2D eigenvalue weighted by Crippen LogP contribution is -2.48. The molecule has 0 saturated heterocycles. The Kier molecular flexibility index (Phi) is 7.34. The van der Waals surface area contributed by atoms with Crippen molar-refractivity contribution < 1.29 is 14.0 Å². The minimum Gasteiger partial charge on any atom is -0.461 e. The Hall–Kier alpha value is -2.07. The molecule has 2 rings (SSSR count). The molecule has 0 radical (unpaired) electrons. The third-order valence-electron chi connectivity index (χ3n) is 5.61. The number of likely N-dealkylation sites (N-methyl/N-ethyl adjacent to an activating group) is 1. The number of aryl methyl sites for hydroxylation is 1. The van der Waals surface area contributed by atoms with Gasteiger partial charge in [-0.1, -0.05) is 46.2 Å². The second kappa shape index (κ2) is 9.17. The maximum Gasteiger partial charge on any atom is 0.257 e. The molecule has 1 aromatic carbocycles. The van der Waals surface area contributed by atoms with Crippen molar-refractivity contribution in [1.29, 1.82) is 0 Å². The molecule has 0 spiro atoms. The zero-order valence-electron chi connectivity index (χ0n) is 18.5. The number of carbonyl (C=O) groups excluding carboxylic acids is 2. The summed E-state index contributed by atoms with van der Waals surface area (Å²) in [7, 11) is 1.72. The molecule has 158 valence electrons. The highest BCUT2D eigenvalue weighted by molar-refractivity contribution is 6.30. The molecular formula is C24H32ClNO3. The average Bonchev–Trinajstić information content (AvgIpc) is 3.06. The smallest absolute Gasteiger partial charge is 0.257 e. The van der Waals surface area contributed by atoms with E-state index in [9.17, 15) is 9.59 Å². The van der Waals surface area contributed by atoms with E-state index < -0.39 is 11.5 Å². The fraction of sp³-hybridized carbons (Fsp3) is 0.500. The molecule has 0 saturated carbocycles. The van der Waals surface area contributed by atoms with E-state index in [0.717, 1.165) is 12.0 Å². The second-order valence-electron chi connectivity index (χ2n) is 8.75. The molecule has 1 atom stereocenters. The number of hydrogen-bond donors (Lipinski definition) is 0. The van der Waals surface area contributed by atoms with Gasteiger partial charge in [0, 0.05) is 23.0 Å². The summed E-state index contributed by atoms with van der Waals surface area (Å²) in [5, 5.41) is 0.640. The zero-order chi connectivity index (χ0) is 21.9. The first-order chi connectivity index (χ1) is 13.5. The van der Waals surface area contributed by atoms with Crippen LogP contribution >= 0.6 is 11.6 Å². The van der Waals surface area contributed by atoms with Gasteiger partial charge in [-0.15, -0.1) is 0 Å². The first-order valence-corrected chi connectivity index (χ1v) is 10.5. The van der Waals surface area contributed by atoms with Crippen molar-refractivity contribution in [1.82, 2.24) is 4.90 Å². The third-order valence-corrected chi connectivity index (χ3v) is 5.86. The van der Waals surface area contributed by atoms with Crippen molar-refractivity contribution in [2.24, 2.45) is 11.3 Å². The molecule has 0 fully saturated rings. The predicted octanol–water partition coefficient (Wildman–Crippen LogP) is 6.40. The summed E-state index contributed by atoms with van der Waals surface area (Å²) >= 11 is 5.96. The number of Topliss-reactive ketones (excluding diaryl/α,β-unsaturated/α-hetero) is 1. The Morgan fingerprint density at radius 2 is 1.76 bits per heavy atom. The molecule has 0 aliphatic heterocycles. The van der Waals surface area contributed by atoms with E-state index in [1.807, 2.05) is 32.9 Å². The molecule has 5 heteroatoms. The molecule has 0 unspecified atom stereocenters. The van der Waals surface area contributed by atoms with Gasteiger partial charge < -0.3 is 9.32 Å². The zero-order valence-corrected chi connectivity index (χ0v) is 19.3. The van der Waals surface area contributed by atoms with Gasteiger partial charge in [0.05, 0.1) is 11.6 Å². The highest BCUT2D eigenvalue weighted by Crippen LogP contribution is 2.30. The number of benzene rings is 1. The Bertz CT molecular complexity index is 865. The number of nitrogens with zero attached hydrogens (tertiary/aromatic N) is 1. The SMILES string of the molecule is CCC(C)(C)C(=O)[C@@H](CC(C)C)N(C)C(=O)c1cc(-c2ccc(Cl)cc2)oc1C. The van der Waals surface area contributed by atoms with Gasteiger partial charge in [0.25, 0.3) is 5.91 Å². The standard InChI is InChI=1S/C24H32ClNO3/c1-8-24(5,6)22(27)20(13-15(2)3)26(7)23(28)19-14-21(29-16(19)4)17-9-11-18(25)12-10-17/h9-12,14-15,20H,8,13H2,1-7H3/t20-/m1/s1. The van der Waals surface area contributed by atoms with Crippen LogP contribution in [0.2, 0.25) is 5.02 Å². The van der Waals surface area contributed by atoms with Crippen LogP contribution in [0, 0.1) is 18.3 Å². The molecule has 0 aliphatic carbocycles. The van der Waals surface area contributed by atoms with Gasteiger partial charge >= 0.3 is 0 Å². The van der Waals surface area contributed by atoms with Crippen LogP contribution < -0.4 is 0 Å². The minimum atomic E-state index is -0.478. The molecule has 2 aromatic rings. The Morgan fingerprint density at radius 3 is 2.28 bits per heavy atom. The molecule has 1 heterocycles. The van der Waals surface area contributed by atoms with Gasteiger partial charge in [0.2, 0.25) is 0 Å². The first-order valence-electron chi connectivity index (χ1n) is 10.2. The lowest BCUT2D eigenvalue weighted by atomic mass is 9.79. The van der Waals surface area contributed by atoms with E-state index in [0.29, 0.717) is 34.4 Å². The Balaban J connectivity index is 2.35. The van der Waals surface area contributed by atoms with E-state index in [4.69, 9.17) is 16.0 Å². The van der Waals surface area contributed by atoms with Crippen LogP contribution in [0.15, 0.2) is 34.7 Å². The number of hydrogen-bond acceptors (Lipinski definition) is 3. The van der Waals surface area contributed by atoms with Crippen molar-refractivity contribution in [3.05, 3.63) is 46.7 Å². The van der Waals surface area contributed by atoms with Gasteiger partial charge in [0.15, 0.2) is 5.78 Å². The van der Waals surface area contributed by atoms with Gasteiger partial charge in [-0.05, 0) is 56.0 Å². The molecule has 0 bridgehead atoms. The summed E-state index contributed by atoms with van der Waals surface area (Å²) in [5.41, 5.74) is 0.850. The first kappa shape index (κ1) is 23.2.